The van der Waals surface area contributed by atoms with Gasteiger partial charge in [-0.15, -0.1) is 0 Å². The number of allylic oxidation sites excluding steroid dienone is 2. The lowest BCUT2D eigenvalue weighted by Crippen LogP contribution is -2.29. The molecule has 25 heavy (non-hydrogen) atoms. The molecule has 4 heteroatoms. The highest BCUT2D eigenvalue weighted by atomic mass is 16.1. The Morgan fingerprint density at radius 2 is 1.96 bits per heavy atom. The predicted molar refractivity (Wildman–Crippen MR) is 103 cm³/mol. The van der Waals surface area contributed by atoms with Crippen LogP contribution in [-0.2, 0) is 0 Å². The average molecular weight is 335 g/mol. The number of nitrogens with one attached hydrogen (secondary N) is 1. The van der Waals surface area contributed by atoms with E-state index in [0.29, 0.717) is 11.5 Å². The molecule has 0 unspecified atom stereocenters. The minimum absolute atomic E-state index is 0.0474. The van der Waals surface area contributed by atoms with Gasteiger partial charge < -0.3 is 10.2 Å². The number of nitrogens with zero attached hydrogens (tertiary/aromatic N) is 2. The summed E-state index contributed by atoms with van der Waals surface area (Å²) in [4.78, 5) is 18.8. The van der Waals surface area contributed by atoms with Crippen LogP contribution in [0.25, 0.3) is 11.1 Å². The summed E-state index contributed by atoms with van der Waals surface area (Å²) in [6.07, 6.45) is 11.2. The lowest BCUT2D eigenvalue weighted by atomic mass is 9.94. The fourth-order valence-electron chi connectivity index (χ4n) is 3.05. The van der Waals surface area contributed by atoms with Gasteiger partial charge in [-0.3, -0.25) is 9.78 Å². The van der Waals surface area contributed by atoms with E-state index in [9.17, 15) is 4.79 Å². The second-order valence-electron chi connectivity index (χ2n) is 6.76. The standard InChI is InChI=1S/C21H25N3O/c1-24(2)20-10-8-17(9-11-20)18-12-19(15-22-14-18)21(25)23-13-16-6-4-3-5-7-16/h3-4,8-12,14-16H,5-7,13H2,1-2H3,(H,23,25)/t16-/m1/s1. The van der Waals surface area contributed by atoms with Crippen molar-refractivity contribution < 1.29 is 4.79 Å². The first kappa shape index (κ1) is 17.2. The molecule has 4 nitrogen and oxygen atoms in total. The van der Waals surface area contributed by atoms with Crippen molar-refractivity contribution in [2.75, 3.05) is 25.5 Å². The Balaban J connectivity index is 1.67. The van der Waals surface area contributed by atoms with Gasteiger partial charge >= 0.3 is 0 Å². The smallest absolute Gasteiger partial charge is 0.252 e. The van der Waals surface area contributed by atoms with Crippen molar-refractivity contribution in [2.45, 2.75) is 19.3 Å². The van der Waals surface area contributed by atoms with Crippen molar-refractivity contribution in [2.24, 2.45) is 5.92 Å². The maximum absolute atomic E-state index is 12.4. The van der Waals surface area contributed by atoms with E-state index < -0.39 is 0 Å². The summed E-state index contributed by atoms with van der Waals surface area (Å²) in [7, 11) is 4.03. The summed E-state index contributed by atoms with van der Waals surface area (Å²) in [5.74, 6) is 0.498. The van der Waals surface area contributed by atoms with E-state index >= 15 is 0 Å². The molecule has 1 atom stereocenters. The Morgan fingerprint density at radius 3 is 2.64 bits per heavy atom. The van der Waals surface area contributed by atoms with Gasteiger partial charge in [0, 0.05) is 44.3 Å². The molecule has 0 bridgehead atoms. The molecule has 1 aromatic carbocycles. The summed E-state index contributed by atoms with van der Waals surface area (Å²) in [5.41, 5.74) is 3.77. The zero-order valence-corrected chi connectivity index (χ0v) is 14.9. The predicted octanol–water partition coefficient (Wildman–Crippen LogP) is 3.90. The molecule has 0 radical (unpaired) electrons. The number of aromatic nitrogens is 1. The molecule has 2 aromatic rings. The van der Waals surface area contributed by atoms with Crippen LogP contribution in [0, 0.1) is 5.92 Å². The number of hydrogen-bond acceptors (Lipinski definition) is 3. The summed E-state index contributed by atoms with van der Waals surface area (Å²) < 4.78 is 0. The Bertz CT molecular complexity index is 750. The van der Waals surface area contributed by atoms with Crippen molar-refractivity contribution in [1.29, 1.82) is 0 Å². The normalized spacial score (nSPS) is 16.5. The quantitative estimate of drug-likeness (QED) is 0.843. The highest BCUT2D eigenvalue weighted by Gasteiger charge is 2.13. The number of hydrogen-bond donors (Lipinski definition) is 1. The van der Waals surface area contributed by atoms with Gasteiger partial charge in [-0.05, 0) is 48.9 Å². The Labute approximate surface area is 149 Å². The van der Waals surface area contributed by atoms with E-state index in [4.69, 9.17) is 0 Å². The van der Waals surface area contributed by atoms with Crippen LogP contribution in [0.1, 0.15) is 29.6 Å². The second-order valence-corrected chi connectivity index (χ2v) is 6.76. The Hall–Kier alpha value is -2.62. The molecule has 130 valence electrons. The highest BCUT2D eigenvalue weighted by molar-refractivity contribution is 5.95. The molecule has 0 aliphatic heterocycles. The van der Waals surface area contributed by atoms with E-state index in [2.05, 4.69) is 51.6 Å². The molecular weight excluding hydrogens is 310 g/mol. The monoisotopic (exact) mass is 335 g/mol. The van der Waals surface area contributed by atoms with Gasteiger partial charge in [0.05, 0.1) is 5.56 Å². The van der Waals surface area contributed by atoms with Crippen LogP contribution in [0.5, 0.6) is 0 Å². The fourth-order valence-corrected chi connectivity index (χ4v) is 3.05. The summed E-state index contributed by atoms with van der Waals surface area (Å²) in [6, 6.07) is 10.2. The third-order valence-electron chi connectivity index (χ3n) is 4.65. The number of carbonyl (C=O) groups excluding carboxylic acids is 1. The fraction of sp³-hybridized carbons (Fsp3) is 0.333. The topological polar surface area (TPSA) is 45.2 Å². The lowest BCUT2D eigenvalue weighted by molar-refractivity contribution is 0.0946. The average Bonchev–Trinajstić information content (AvgIpc) is 2.67. The van der Waals surface area contributed by atoms with Crippen LogP contribution in [-0.4, -0.2) is 31.5 Å². The molecule has 1 amide bonds. The molecule has 1 N–H and O–H groups in total. The largest absolute Gasteiger partial charge is 0.378 e. The summed E-state index contributed by atoms with van der Waals surface area (Å²) in [6.45, 7) is 0.727. The third kappa shape index (κ3) is 4.47. The summed E-state index contributed by atoms with van der Waals surface area (Å²) >= 11 is 0. The van der Waals surface area contributed by atoms with Crippen molar-refractivity contribution in [3.63, 3.8) is 0 Å². The number of rotatable bonds is 5. The second kappa shape index (κ2) is 7.97. The number of pyridine rings is 1. The van der Waals surface area contributed by atoms with Crippen molar-refractivity contribution >= 4 is 11.6 Å². The maximum Gasteiger partial charge on any atom is 0.252 e. The summed E-state index contributed by atoms with van der Waals surface area (Å²) in [5, 5.41) is 3.05. The van der Waals surface area contributed by atoms with Crippen LogP contribution >= 0.6 is 0 Å². The van der Waals surface area contributed by atoms with Gasteiger partial charge in [-0.1, -0.05) is 24.3 Å². The maximum atomic E-state index is 12.4. The van der Waals surface area contributed by atoms with E-state index in [1.165, 1.54) is 0 Å². The lowest BCUT2D eigenvalue weighted by Gasteiger charge is -2.18. The Morgan fingerprint density at radius 1 is 1.16 bits per heavy atom. The molecule has 1 aliphatic rings. The highest BCUT2D eigenvalue weighted by Crippen LogP contribution is 2.23. The van der Waals surface area contributed by atoms with Crippen molar-refractivity contribution in [3.05, 3.63) is 60.4 Å². The van der Waals surface area contributed by atoms with Crippen LogP contribution in [0.15, 0.2) is 54.9 Å². The molecule has 0 fully saturated rings. The van der Waals surface area contributed by atoms with Gasteiger partial charge in [-0.2, -0.15) is 0 Å². The molecule has 1 aromatic heterocycles. The van der Waals surface area contributed by atoms with Crippen LogP contribution in [0.2, 0.25) is 0 Å². The van der Waals surface area contributed by atoms with Gasteiger partial charge in [0.1, 0.15) is 0 Å². The van der Waals surface area contributed by atoms with Gasteiger partial charge in [0.25, 0.3) is 5.91 Å². The number of benzene rings is 1. The molecule has 0 saturated carbocycles. The molecule has 0 spiro atoms. The first-order valence-electron chi connectivity index (χ1n) is 8.79. The SMILES string of the molecule is CN(C)c1ccc(-c2cncc(C(=O)NC[C@@H]3CC=CCC3)c2)cc1. The van der Waals surface area contributed by atoms with Crippen LogP contribution < -0.4 is 10.2 Å². The minimum atomic E-state index is -0.0474. The van der Waals surface area contributed by atoms with Crippen LogP contribution in [0.4, 0.5) is 5.69 Å². The Kier molecular flexibility index (Phi) is 5.49. The minimum Gasteiger partial charge on any atom is -0.378 e. The molecular formula is C21H25N3O. The van der Waals surface area contributed by atoms with Gasteiger partial charge in [0.15, 0.2) is 0 Å². The first-order valence-corrected chi connectivity index (χ1v) is 8.79. The van der Waals surface area contributed by atoms with E-state index in [1.54, 1.807) is 12.4 Å². The van der Waals surface area contributed by atoms with Crippen molar-refractivity contribution in [3.8, 4) is 11.1 Å². The van der Waals surface area contributed by atoms with E-state index in [0.717, 1.165) is 42.6 Å². The van der Waals surface area contributed by atoms with Crippen molar-refractivity contribution in [1.82, 2.24) is 10.3 Å². The van der Waals surface area contributed by atoms with Gasteiger partial charge in [-0.25, -0.2) is 0 Å². The number of anilines is 1. The van der Waals surface area contributed by atoms with E-state index in [-0.39, 0.29) is 5.91 Å². The molecule has 1 aliphatic carbocycles. The third-order valence-corrected chi connectivity index (χ3v) is 4.65. The van der Waals surface area contributed by atoms with Crippen LogP contribution in [0.3, 0.4) is 0 Å². The zero-order chi connectivity index (χ0) is 17.6. The van der Waals surface area contributed by atoms with E-state index in [1.807, 2.05) is 20.2 Å². The molecule has 1 heterocycles. The zero-order valence-electron chi connectivity index (χ0n) is 14.9. The molecule has 3 rings (SSSR count). The number of amides is 1. The number of carbonyl (C=O) groups is 1. The first-order chi connectivity index (χ1) is 12.1. The van der Waals surface area contributed by atoms with Gasteiger partial charge in [0.2, 0.25) is 0 Å². The molecule has 0 saturated heterocycles.